The van der Waals surface area contributed by atoms with Gasteiger partial charge in [-0.3, -0.25) is 4.98 Å². The van der Waals surface area contributed by atoms with Crippen LogP contribution >= 0.6 is 0 Å². The summed E-state index contributed by atoms with van der Waals surface area (Å²) in [6.07, 6.45) is 5.65. The van der Waals surface area contributed by atoms with Crippen molar-refractivity contribution < 1.29 is 19.4 Å². The average molecular weight is 292 g/mol. The quantitative estimate of drug-likeness (QED) is 0.625. The Kier molecular flexibility index (Phi) is 4.70. The van der Waals surface area contributed by atoms with Crippen molar-refractivity contribution in [2.24, 2.45) is 0 Å². The lowest BCUT2D eigenvalue weighted by molar-refractivity contribution is -0.134. The highest BCUT2D eigenvalue weighted by Crippen LogP contribution is 2.14. The molecule has 8 nitrogen and oxygen atoms in total. The van der Waals surface area contributed by atoms with Gasteiger partial charge in [0.2, 0.25) is 0 Å². The molecule has 1 aromatic rings. The van der Waals surface area contributed by atoms with Crippen LogP contribution in [0.1, 0.15) is 12.1 Å². The lowest BCUT2D eigenvalue weighted by atomic mass is 10.2. The Morgan fingerprint density at radius 2 is 2.29 bits per heavy atom. The third-order valence-corrected chi connectivity index (χ3v) is 3.07. The number of methoxy groups -OCH3 is 1. The van der Waals surface area contributed by atoms with Crippen molar-refractivity contribution >= 4 is 24.0 Å². The number of amides is 1. The highest BCUT2D eigenvalue weighted by atomic mass is 16.5. The first-order valence-electron chi connectivity index (χ1n) is 6.41. The van der Waals surface area contributed by atoms with E-state index in [1.807, 2.05) is 0 Å². The fourth-order valence-corrected chi connectivity index (χ4v) is 1.98. The van der Waals surface area contributed by atoms with Gasteiger partial charge in [0, 0.05) is 25.2 Å². The van der Waals surface area contributed by atoms with E-state index in [0.717, 1.165) is 6.42 Å². The van der Waals surface area contributed by atoms with Gasteiger partial charge in [0.15, 0.2) is 0 Å². The molecule has 2 rings (SSSR count). The third-order valence-electron chi connectivity index (χ3n) is 3.07. The monoisotopic (exact) mass is 292 g/mol. The van der Waals surface area contributed by atoms with Gasteiger partial charge in [0.1, 0.15) is 5.82 Å². The molecule has 21 heavy (non-hydrogen) atoms. The number of rotatable bonds is 4. The average Bonchev–Trinajstić information content (AvgIpc) is 2.95. The summed E-state index contributed by atoms with van der Waals surface area (Å²) in [5.74, 6) is 0.112. The lowest BCUT2D eigenvalue weighted by Gasteiger charge is -2.14. The minimum Gasteiger partial charge on any atom is -0.466 e. The molecule has 0 saturated carbocycles. The first-order valence-corrected chi connectivity index (χ1v) is 6.41. The number of esters is 1. The zero-order valence-corrected chi connectivity index (χ0v) is 11.5. The van der Waals surface area contributed by atoms with E-state index >= 15 is 0 Å². The zero-order chi connectivity index (χ0) is 15.2. The minimum absolute atomic E-state index is 0.0341. The van der Waals surface area contributed by atoms with Gasteiger partial charge in [-0.15, -0.1) is 0 Å². The van der Waals surface area contributed by atoms with Crippen molar-refractivity contribution in [1.29, 1.82) is 0 Å². The van der Waals surface area contributed by atoms with Gasteiger partial charge in [-0.1, -0.05) is 0 Å². The Morgan fingerprint density at radius 3 is 2.86 bits per heavy atom. The summed E-state index contributed by atoms with van der Waals surface area (Å²) in [7, 11) is 1.30. The molecule has 0 aromatic carbocycles. The van der Waals surface area contributed by atoms with Gasteiger partial charge in [-0.2, -0.15) is 0 Å². The predicted octanol–water partition coefficient (Wildman–Crippen LogP) is 0.827. The number of hydrogen-bond donors (Lipinski definition) is 2. The van der Waals surface area contributed by atoms with Crippen LogP contribution in [0, 0.1) is 0 Å². The van der Waals surface area contributed by atoms with Gasteiger partial charge >= 0.3 is 12.1 Å². The maximum Gasteiger partial charge on any atom is 0.407 e. The molecular weight excluding hydrogens is 276 g/mol. The van der Waals surface area contributed by atoms with Gasteiger partial charge in [0.25, 0.3) is 0 Å². The fourth-order valence-electron chi connectivity index (χ4n) is 1.98. The van der Waals surface area contributed by atoms with E-state index in [1.165, 1.54) is 30.4 Å². The normalized spacial score (nSPS) is 18.0. The second-order valence-electron chi connectivity index (χ2n) is 4.54. The number of aromatic nitrogens is 2. The number of nitrogens with one attached hydrogen (secondary N) is 1. The van der Waals surface area contributed by atoms with Crippen molar-refractivity contribution in [1.82, 2.24) is 14.9 Å². The number of nitrogens with zero attached hydrogens (tertiary/aromatic N) is 3. The van der Waals surface area contributed by atoms with E-state index in [0.29, 0.717) is 24.6 Å². The van der Waals surface area contributed by atoms with E-state index in [4.69, 9.17) is 5.11 Å². The minimum atomic E-state index is -0.909. The molecule has 112 valence electrons. The zero-order valence-electron chi connectivity index (χ0n) is 11.5. The van der Waals surface area contributed by atoms with E-state index < -0.39 is 12.1 Å². The number of ether oxygens (including phenoxy) is 1. The van der Waals surface area contributed by atoms with Crippen LogP contribution in [0.3, 0.4) is 0 Å². The fraction of sp³-hybridized carbons (Fsp3) is 0.385. The molecule has 1 aliphatic heterocycles. The number of carbonyl (C=O) groups excluding carboxylic acids is 1. The van der Waals surface area contributed by atoms with E-state index in [2.05, 4.69) is 20.0 Å². The molecule has 0 radical (unpaired) electrons. The smallest absolute Gasteiger partial charge is 0.407 e. The second kappa shape index (κ2) is 6.69. The Bertz CT molecular complexity index is 544. The number of carbonyl (C=O) groups is 2. The summed E-state index contributed by atoms with van der Waals surface area (Å²) < 4.78 is 4.47. The molecule has 2 heterocycles. The topological polar surface area (TPSA) is 105 Å². The number of carboxylic acid groups (broad SMARTS) is 1. The molecule has 1 saturated heterocycles. The molecule has 1 fully saturated rings. The van der Waals surface area contributed by atoms with Gasteiger partial charge in [-0.05, 0) is 12.5 Å². The van der Waals surface area contributed by atoms with Crippen LogP contribution in [0.15, 0.2) is 18.5 Å². The summed E-state index contributed by atoms with van der Waals surface area (Å²) in [5.41, 5.74) is 0.532. The molecule has 8 heteroatoms. The highest BCUT2D eigenvalue weighted by Gasteiger charge is 2.25. The molecule has 0 spiro atoms. The Labute approximate surface area is 121 Å². The van der Waals surface area contributed by atoms with Crippen molar-refractivity contribution in [3.63, 3.8) is 0 Å². The Morgan fingerprint density at radius 1 is 1.48 bits per heavy atom. The van der Waals surface area contributed by atoms with Crippen LogP contribution in [-0.4, -0.2) is 58.3 Å². The molecule has 0 unspecified atom stereocenters. The largest absolute Gasteiger partial charge is 0.466 e. The molecular formula is C13H16N4O4. The maximum absolute atomic E-state index is 10.9. The van der Waals surface area contributed by atoms with Crippen molar-refractivity contribution in [3.05, 3.63) is 24.2 Å². The van der Waals surface area contributed by atoms with Crippen LogP contribution in [0.5, 0.6) is 0 Å². The predicted molar refractivity (Wildman–Crippen MR) is 74.7 cm³/mol. The molecule has 2 N–H and O–H groups in total. The molecule has 0 aliphatic carbocycles. The van der Waals surface area contributed by atoms with Crippen molar-refractivity contribution in [2.75, 3.05) is 25.5 Å². The van der Waals surface area contributed by atoms with Crippen LogP contribution in [-0.2, 0) is 9.53 Å². The first kappa shape index (κ1) is 14.8. The van der Waals surface area contributed by atoms with Gasteiger partial charge in [0.05, 0.1) is 25.2 Å². The van der Waals surface area contributed by atoms with E-state index in [9.17, 15) is 9.59 Å². The van der Waals surface area contributed by atoms with Gasteiger partial charge < -0.3 is 20.1 Å². The van der Waals surface area contributed by atoms with E-state index in [-0.39, 0.29) is 6.04 Å². The number of anilines is 1. The third kappa shape index (κ3) is 4.16. The van der Waals surface area contributed by atoms with E-state index in [1.54, 1.807) is 6.20 Å². The summed E-state index contributed by atoms with van der Waals surface area (Å²) in [4.78, 5) is 31.4. The van der Waals surface area contributed by atoms with Crippen molar-refractivity contribution in [2.45, 2.75) is 12.5 Å². The molecule has 1 atom stereocenters. The second-order valence-corrected chi connectivity index (χ2v) is 4.54. The van der Waals surface area contributed by atoms with Gasteiger partial charge in [-0.25, -0.2) is 14.6 Å². The number of likely N-dealkylation sites (tertiary alicyclic amines) is 1. The molecule has 1 amide bonds. The van der Waals surface area contributed by atoms with Crippen LogP contribution in [0.4, 0.5) is 10.6 Å². The maximum atomic E-state index is 10.9. The highest BCUT2D eigenvalue weighted by molar-refractivity contribution is 5.86. The lowest BCUT2D eigenvalue weighted by Crippen LogP contribution is -2.30. The summed E-state index contributed by atoms with van der Waals surface area (Å²) in [6.45, 7) is 0.946. The Hall–Kier alpha value is -2.64. The van der Waals surface area contributed by atoms with Crippen LogP contribution in [0.25, 0.3) is 6.08 Å². The summed E-state index contributed by atoms with van der Waals surface area (Å²) in [6, 6.07) is 0.0341. The number of hydrogen-bond acceptors (Lipinski definition) is 6. The van der Waals surface area contributed by atoms with Crippen LogP contribution < -0.4 is 5.32 Å². The molecule has 1 aliphatic rings. The first-order chi connectivity index (χ1) is 10.1. The summed E-state index contributed by atoms with van der Waals surface area (Å²) >= 11 is 0. The molecule has 1 aromatic heterocycles. The summed E-state index contributed by atoms with van der Waals surface area (Å²) in [5, 5.41) is 12.0. The van der Waals surface area contributed by atoms with Crippen LogP contribution in [0.2, 0.25) is 0 Å². The van der Waals surface area contributed by atoms with Crippen molar-refractivity contribution in [3.8, 4) is 0 Å². The molecule has 0 bridgehead atoms. The standard InChI is InChI=1S/C13H16N4O4/c1-21-12(18)3-2-9-6-15-11(7-14-9)16-10-4-5-17(8-10)13(19)20/h2-3,6-7,10H,4-5,8H2,1H3,(H,15,16)(H,19,20)/b3-2+/t10-/m1/s1. The Balaban J connectivity index is 1.90. The SMILES string of the molecule is COC(=O)/C=C/c1cnc(N[C@@H]2CCN(C(=O)O)C2)cn1.